The van der Waals surface area contributed by atoms with Crippen LogP contribution in [0.4, 0.5) is 0 Å². The number of imidazole rings is 1. The molecule has 2 aromatic rings. The Morgan fingerprint density at radius 1 is 1.43 bits per heavy atom. The quantitative estimate of drug-likeness (QED) is 0.925. The maximum atomic E-state index is 11.0. The summed E-state index contributed by atoms with van der Waals surface area (Å²) in [7, 11) is 0. The Balaban J connectivity index is 1.71. The minimum Gasteiger partial charge on any atom is -0.478 e. The van der Waals surface area contributed by atoms with Crippen molar-refractivity contribution in [1.29, 1.82) is 0 Å². The van der Waals surface area contributed by atoms with Gasteiger partial charge in [-0.05, 0) is 42.9 Å². The first-order chi connectivity index (χ1) is 10.1. The Bertz CT molecular complexity index is 647. The summed E-state index contributed by atoms with van der Waals surface area (Å²) >= 11 is 0. The summed E-state index contributed by atoms with van der Waals surface area (Å²) in [5.41, 5.74) is 2.10. The number of carbonyl (C=O) groups is 1. The number of aryl methyl sites for hydroxylation is 1. The fourth-order valence-electron chi connectivity index (χ4n) is 3.52. The highest BCUT2D eigenvalue weighted by molar-refractivity contribution is 5.92. The van der Waals surface area contributed by atoms with E-state index in [1.54, 1.807) is 12.1 Å². The molecule has 0 spiro atoms. The largest absolute Gasteiger partial charge is 0.478 e. The molecule has 0 aliphatic heterocycles. The fraction of sp³-hybridized carbons (Fsp3) is 0.529. The molecule has 1 fully saturated rings. The van der Waals surface area contributed by atoms with Gasteiger partial charge in [0.25, 0.3) is 0 Å². The van der Waals surface area contributed by atoms with E-state index in [1.807, 2.05) is 12.4 Å². The second-order valence-electron chi connectivity index (χ2n) is 6.37. The number of carboxylic acid groups (broad SMARTS) is 1. The Kier molecular flexibility index (Phi) is 3.95. The van der Waals surface area contributed by atoms with E-state index in [2.05, 4.69) is 16.5 Å². The van der Waals surface area contributed by atoms with Crippen molar-refractivity contribution < 1.29 is 9.90 Å². The normalized spacial score (nSPS) is 22.5. The van der Waals surface area contributed by atoms with E-state index in [1.165, 1.54) is 32.1 Å². The molecule has 1 saturated carbocycles. The lowest BCUT2D eigenvalue weighted by molar-refractivity contribution is 0.0697. The van der Waals surface area contributed by atoms with Crippen molar-refractivity contribution in [3.05, 3.63) is 30.1 Å². The predicted octanol–water partition coefficient (Wildman–Crippen LogP) is 3.95. The van der Waals surface area contributed by atoms with Crippen LogP contribution in [-0.4, -0.2) is 20.6 Å². The van der Waals surface area contributed by atoms with Crippen molar-refractivity contribution in [2.24, 2.45) is 11.8 Å². The number of aromatic carboxylic acids is 1. The number of hydrogen-bond donors (Lipinski definition) is 1. The van der Waals surface area contributed by atoms with E-state index in [-0.39, 0.29) is 0 Å². The van der Waals surface area contributed by atoms with Crippen LogP contribution in [0.5, 0.6) is 0 Å². The van der Waals surface area contributed by atoms with Crippen molar-refractivity contribution in [3.63, 3.8) is 0 Å². The molecule has 3 rings (SSSR count). The van der Waals surface area contributed by atoms with Crippen molar-refractivity contribution in [2.45, 2.75) is 45.6 Å². The summed E-state index contributed by atoms with van der Waals surface area (Å²) in [5, 5.41) is 9.01. The average Bonchev–Trinajstić information content (AvgIpc) is 2.87. The van der Waals surface area contributed by atoms with Crippen molar-refractivity contribution in [2.75, 3.05) is 0 Å². The third-order valence-corrected chi connectivity index (χ3v) is 4.69. The number of hydrogen-bond acceptors (Lipinski definition) is 2. The Morgan fingerprint density at radius 2 is 2.29 bits per heavy atom. The minimum absolute atomic E-state index is 0.300. The molecule has 2 atom stereocenters. The molecule has 2 unspecified atom stereocenters. The molecule has 0 amide bonds. The number of benzene rings is 1. The topological polar surface area (TPSA) is 55.1 Å². The first-order valence-electron chi connectivity index (χ1n) is 7.81. The zero-order valence-electron chi connectivity index (χ0n) is 12.5. The highest BCUT2D eigenvalue weighted by atomic mass is 16.4. The second kappa shape index (κ2) is 5.88. The maximum Gasteiger partial charge on any atom is 0.335 e. The van der Waals surface area contributed by atoms with Crippen LogP contribution < -0.4 is 0 Å². The lowest BCUT2D eigenvalue weighted by Gasteiger charge is -2.26. The Morgan fingerprint density at radius 3 is 3.05 bits per heavy atom. The first-order valence-corrected chi connectivity index (χ1v) is 7.81. The molecule has 1 aromatic heterocycles. The molecule has 1 aromatic carbocycles. The number of aromatic nitrogens is 2. The molecular formula is C17H22N2O2. The van der Waals surface area contributed by atoms with E-state index in [4.69, 9.17) is 5.11 Å². The molecule has 112 valence electrons. The van der Waals surface area contributed by atoms with Crippen molar-refractivity contribution in [3.8, 4) is 0 Å². The van der Waals surface area contributed by atoms with E-state index >= 15 is 0 Å². The predicted molar refractivity (Wildman–Crippen MR) is 82.4 cm³/mol. The number of fused-ring (bicyclic) bond motifs is 1. The SMILES string of the molecule is CC1CCCC(CCn2cnc3cc(C(=O)O)ccc32)C1. The fourth-order valence-corrected chi connectivity index (χ4v) is 3.52. The molecule has 4 nitrogen and oxygen atoms in total. The van der Waals surface area contributed by atoms with Gasteiger partial charge in [0.1, 0.15) is 0 Å². The molecule has 0 saturated heterocycles. The van der Waals surface area contributed by atoms with Crippen molar-refractivity contribution in [1.82, 2.24) is 9.55 Å². The molecule has 1 aliphatic rings. The molecule has 0 bridgehead atoms. The average molecular weight is 286 g/mol. The minimum atomic E-state index is -0.900. The van der Waals surface area contributed by atoms with E-state index in [0.29, 0.717) is 5.56 Å². The zero-order chi connectivity index (χ0) is 14.8. The van der Waals surface area contributed by atoms with Crippen molar-refractivity contribution >= 4 is 17.0 Å². The molecule has 1 N–H and O–H groups in total. The smallest absolute Gasteiger partial charge is 0.335 e. The van der Waals surface area contributed by atoms with Gasteiger partial charge in [-0.15, -0.1) is 0 Å². The van der Waals surface area contributed by atoms with Gasteiger partial charge in [0.2, 0.25) is 0 Å². The number of rotatable bonds is 4. The lowest BCUT2D eigenvalue weighted by atomic mass is 9.81. The van der Waals surface area contributed by atoms with Crippen LogP contribution in [0.3, 0.4) is 0 Å². The van der Waals surface area contributed by atoms with Gasteiger partial charge in [0.15, 0.2) is 0 Å². The third-order valence-electron chi connectivity index (χ3n) is 4.69. The van der Waals surface area contributed by atoms with E-state index in [0.717, 1.165) is 29.4 Å². The van der Waals surface area contributed by atoms with Crippen LogP contribution in [0.2, 0.25) is 0 Å². The third kappa shape index (κ3) is 3.09. The molecule has 1 heterocycles. The van der Waals surface area contributed by atoms with E-state index in [9.17, 15) is 4.79 Å². The summed E-state index contributed by atoms with van der Waals surface area (Å²) in [6, 6.07) is 5.18. The zero-order valence-corrected chi connectivity index (χ0v) is 12.5. The number of nitrogens with zero attached hydrogens (tertiary/aromatic N) is 2. The summed E-state index contributed by atoms with van der Waals surface area (Å²) in [6.07, 6.45) is 8.45. The monoisotopic (exact) mass is 286 g/mol. The van der Waals surface area contributed by atoms with Gasteiger partial charge in [0, 0.05) is 6.54 Å². The molecule has 4 heteroatoms. The standard InChI is InChI=1S/C17H22N2O2/c1-12-3-2-4-13(9-12)7-8-19-11-18-15-10-14(17(20)21)5-6-16(15)19/h5-6,10-13H,2-4,7-9H2,1H3,(H,20,21). The lowest BCUT2D eigenvalue weighted by Crippen LogP contribution is -2.15. The molecule has 0 radical (unpaired) electrons. The van der Waals surface area contributed by atoms with Gasteiger partial charge in [-0.3, -0.25) is 0 Å². The summed E-state index contributed by atoms with van der Waals surface area (Å²) in [5.74, 6) is 0.786. The molecule has 21 heavy (non-hydrogen) atoms. The van der Waals surface area contributed by atoms with Gasteiger partial charge < -0.3 is 9.67 Å². The Hall–Kier alpha value is -1.84. The van der Waals surface area contributed by atoms with Gasteiger partial charge in [0.05, 0.1) is 22.9 Å². The van der Waals surface area contributed by atoms with Crippen LogP contribution in [0, 0.1) is 11.8 Å². The van der Waals surface area contributed by atoms with Gasteiger partial charge in [-0.25, -0.2) is 9.78 Å². The maximum absolute atomic E-state index is 11.0. The molecular weight excluding hydrogens is 264 g/mol. The van der Waals surface area contributed by atoms with E-state index < -0.39 is 5.97 Å². The highest BCUT2D eigenvalue weighted by Crippen LogP contribution is 2.31. The summed E-state index contributed by atoms with van der Waals surface area (Å²) in [4.78, 5) is 15.3. The van der Waals surface area contributed by atoms with Gasteiger partial charge in [-0.2, -0.15) is 0 Å². The highest BCUT2D eigenvalue weighted by Gasteiger charge is 2.18. The van der Waals surface area contributed by atoms with Crippen LogP contribution >= 0.6 is 0 Å². The number of carboxylic acids is 1. The van der Waals surface area contributed by atoms with Crippen LogP contribution in [0.1, 0.15) is 49.4 Å². The second-order valence-corrected chi connectivity index (χ2v) is 6.37. The summed E-state index contributed by atoms with van der Waals surface area (Å²) in [6.45, 7) is 3.33. The molecule has 1 aliphatic carbocycles. The van der Waals surface area contributed by atoms with Crippen LogP contribution in [-0.2, 0) is 6.54 Å². The summed E-state index contributed by atoms with van der Waals surface area (Å²) < 4.78 is 2.15. The van der Waals surface area contributed by atoms with Crippen LogP contribution in [0.25, 0.3) is 11.0 Å². The van der Waals surface area contributed by atoms with Crippen LogP contribution in [0.15, 0.2) is 24.5 Å². The first kappa shape index (κ1) is 14.1. The van der Waals surface area contributed by atoms with Gasteiger partial charge in [-0.1, -0.05) is 26.2 Å². The Labute approximate surface area is 124 Å². The van der Waals surface area contributed by atoms with Gasteiger partial charge >= 0.3 is 5.97 Å².